The first kappa shape index (κ1) is 22.6. The Kier molecular flexibility index (Phi) is 7.89. The number of benzene rings is 1. The number of rotatable bonds is 10. The zero-order valence-electron chi connectivity index (χ0n) is 18.9. The van der Waals surface area contributed by atoms with Gasteiger partial charge in [-0.3, -0.25) is 9.78 Å². The molecule has 0 saturated carbocycles. The van der Waals surface area contributed by atoms with E-state index in [1.165, 1.54) is 6.20 Å². The summed E-state index contributed by atoms with van der Waals surface area (Å²) < 4.78 is 0. The fraction of sp³-hybridized carbons (Fsp3) is 0.417. The molecule has 1 amide bonds. The normalized spacial score (nSPS) is 12.2. The SMILES string of the molecule is CCN(CC)CCCC(C)Nc1cnc(C(=O)Nc2cc(C)cc3ccncc23)cn1. The van der Waals surface area contributed by atoms with E-state index in [2.05, 4.69) is 57.3 Å². The Morgan fingerprint density at radius 2 is 1.94 bits per heavy atom. The van der Waals surface area contributed by atoms with Crippen LogP contribution < -0.4 is 10.6 Å². The molecule has 3 rings (SSSR count). The van der Waals surface area contributed by atoms with E-state index in [1.807, 2.05) is 19.1 Å². The van der Waals surface area contributed by atoms with E-state index in [4.69, 9.17) is 0 Å². The minimum atomic E-state index is -0.290. The van der Waals surface area contributed by atoms with Crippen molar-refractivity contribution in [2.75, 3.05) is 30.3 Å². The molecule has 164 valence electrons. The van der Waals surface area contributed by atoms with Crippen LogP contribution in [0.2, 0.25) is 0 Å². The van der Waals surface area contributed by atoms with Crippen molar-refractivity contribution in [3.8, 4) is 0 Å². The number of fused-ring (bicyclic) bond motifs is 1. The van der Waals surface area contributed by atoms with Gasteiger partial charge in [0, 0.05) is 23.8 Å². The summed E-state index contributed by atoms with van der Waals surface area (Å²) in [6.07, 6.45) is 8.81. The lowest BCUT2D eigenvalue weighted by atomic mass is 10.1. The number of aromatic nitrogens is 3. The highest BCUT2D eigenvalue weighted by Gasteiger charge is 2.12. The molecule has 7 heteroatoms. The summed E-state index contributed by atoms with van der Waals surface area (Å²) in [5, 5.41) is 8.24. The molecule has 1 unspecified atom stereocenters. The highest BCUT2D eigenvalue weighted by Crippen LogP contribution is 2.25. The minimum absolute atomic E-state index is 0.276. The lowest BCUT2D eigenvalue weighted by Gasteiger charge is -2.20. The maximum atomic E-state index is 12.7. The van der Waals surface area contributed by atoms with Gasteiger partial charge in [-0.2, -0.15) is 0 Å². The number of amides is 1. The molecule has 0 saturated heterocycles. The Bertz CT molecular complexity index is 1000. The second-order valence-electron chi connectivity index (χ2n) is 7.86. The maximum Gasteiger partial charge on any atom is 0.275 e. The molecular weight excluding hydrogens is 388 g/mol. The van der Waals surface area contributed by atoms with Crippen LogP contribution in [0.4, 0.5) is 11.5 Å². The summed E-state index contributed by atoms with van der Waals surface area (Å²) in [4.78, 5) is 28.0. The first-order valence-corrected chi connectivity index (χ1v) is 11.0. The highest BCUT2D eigenvalue weighted by molar-refractivity contribution is 6.08. The second-order valence-corrected chi connectivity index (χ2v) is 7.86. The molecule has 1 atom stereocenters. The first-order valence-electron chi connectivity index (χ1n) is 11.0. The fourth-order valence-electron chi connectivity index (χ4n) is 3.64. The Balaban J connectivity index is 1.58. The van der Waals surface area contributed by atoms with Crippen LogP contribution in [0, 0.1) is 6.92 Å². The van der Waals surface area contributed by atoms with Gasteiger partial charge >= 0.3 is 0 Å². The zero-order valence-corrected chi connectivity index (χ0v) is 18.9. The summed E-state index contributed by atoms with van der Waals surface area (Å²) in [5.74, 6) is 0.388. The number of carbonyl (C=O) groups excluding carboxylic acids is 1. The summed E-state index contributed by atoms with van der Waals surface area (Å²) in [6, 6.07) is 6.22. The van der Waals surface area contributed by atoms with Crippen LogP contribution in [0.3, 0.4) is 0 Å². The third-order valence-corrected chi connectivity index (χ3v) is 5.43. The molecule has 0 aliphatic rings. The molecule has 0 aliphatic heterocycles. The Morgan fingerprint density at radius 3 is 2.65 bits per heavy atom. The van der Waals surface area contributed by atoms with E-state index >= 15 is 0 Å². The molecule has 0 bridgehead atoms. The van der Waals surface area contributed by atoms with E-state index in [0.717, 1.165) is 54.5 Å². The van der Waals surface area contributed by atoms with Gasteiger partial charge in [0.1, 0.15) is 11.5 Å². The van der Waals surface area contributed by atoms with Crippen LogP contribution in [0.1, 0.15) is 49.7 Å². The van der Waals surface area contributed by atoms with Crippen molar-refractivity contribution >= 4 is 28.2 Å². The number of hydrogen-bond acceptors (Lipinski definition) is 6. The van der Waals surface area contributed by atoms with Crippen molar-refractivity contribution in [2.45, 2.75) is 46.6 Å². The van der Waals surface area contributed by atoms with Crippen LogP contribution >= 0.6 is 0 Å². The summed E-state index contributed by atoms with van der Waals surface area (Å²) in [5.41, 5.74) is 2.06. The lowest BCUT2D eigenvalue weighted by Crippen LogP contribution is -2.25. The van der Waals surface area contributed by atoms with Crippen LogP contribution in [0.5, 0.6) is 0 Å². The number of aryl methyl sites for hydroxylation is 1. The molecule has 0 radical (unpaired) electrons. The van der Waals surface area contributed by atoms with Crippen LogP contribution in [0.15, 0.2) is 43.0 Å². The number of pyridine rings is 1. The maximum absolute atomic E-state index is 12.7. The van der Waals surface area contributed by atoms with E-state index in [0.29, 0.717) is 5.82 Å². The Morgan fingerprint density at radius 1 is 1.13 bits per heavy atom. The van der Waals surface area contributed by atoms with E-state index < -0.39 is 0 Å². The smallest absolute Gasteiger partial charge is 0.275 e. The van der Waals surface area contributed by atoms with Gasteiger partial charge in [0.25, 0.3) is 5.91 Å². The van der Waals surface area contributed by atoms with Crippen LogP contribution in [-0.2, 0) is 0 Å². The molecule has 2 aromatic heterocycles. The van der Waals surface area contributed by atoms with Crippen LogP contribution in [-0.4, -0.2) is 51.4 Å². The van der Waals surface area contributed by atoms with Gasteiger partial charge in [-0.15, -0.1) is 0 Å². The van der Waals surface area contributed by atoms with Gasteiger partial charge in [0.15, 0.2) is 0 Å². The molecule has 3 aromatic rings. The van der Waals surface area contributed by atoms with Gasteiger partial charge in [-0.25, -0.2) is 9.97 Å². The predicted octanol–water partition coefficient (Wildman–Crippen LogP) is 4.51. The largest absolute Gasteiger partial charge is 0.366 e. The van der Waals surface area contributed by atoms with E-state index in [1.54, 1.807) is 18.6 Å². The summed E-state index contributed by atoms with van der Waals surface area (Å²) in [6.45, 7) is 11.8. The lowest BCUT2D eigenvalue weighted by molar-refractivity contribution is 0.102. The minimum Gasteiger partial charge on any atom is -0.366 e. The number of hydrogen-bond donors (Lipinski definition) is 2. The molecule has 2 heterocycles. The number of carbonyl (C=O) groups is 1. The van der Waals surface area contributed by atoms with Gasteiger partial charge in [-0.1, -0.05) is 19.9 Å². The van der Waals surface area contributed by atoms with Gasteiger partial charge in [0.05, 0.1) is 18.1 Å². The fourth-order valence-corrected chi connectivity index (χ4v) is 3.64. The number of nitrogens with zero attached hydrogens (tertiary/aromatic N) is 4. The van der Waals surface area contributed by atoms with Crippen molar-refractivity contribution in [1.82, 2.24) is 19.9 Å². The topological polar surface area (TPSA) is 83.0 Å². The molecule has 0 fully saturated rings. The van der Waals surface area contributed by atoms with E-state index in [-0.39, 0.29) is 17.6 Å². The van der Waals surface area contributed by atoms with Gasteiger partial charge in [-0.05, 0) is 69.4 Å². The molecule has 7 nitrogen and oxygen atoms in total. The highest BCUT2D eigenvalue weighted by atomic mass is 16.1. The Labute approximate surface area is 184 Å². The standard InChI is InChI=1S/C24H32N6O/c1-5-30(6-2)11-7-8-18(4)28-23-16-26-22(15-27-23)24(31)29-21-13-17(3)12-19-9-10-25-14-20(19)21/h9-10,12-16,18H,5-8,11H2,1-4H3,(H,27,28)(H,29,31). The molecule has 31 heavy (non-hydrogen) atoms. The van der Waals surface area contributed by atoms with Gasteiger partial charge in [0.2, 0.25) is 0 Å². The molecule has 0 aliphatic carbocycles. The third kappa shape index (κ3) is 6.21. The summed E-state index contributed by atoms with van der Waals surface area (Å²) in [7, 11) is 0. The quantitative estimate of drug-likeness (QED) is 0.502. The van der Waals surface area contributed by atoms with Gasteiger partial charge < -0.3 is 15.5 Å². The van der Waals surface area contributed by atoms with Crippen molar-refractivity contribution in [3.05, 3.63) is 54.2 Å². The average molecular weight is 421 g/mol. The monoisotopic (exact) mass is 420 g/mol. The molecule has 2 N–H and O–H groups in total. The van der Waals surface area contributed by atoms with Crippen LogP contribution in [0.25, 0.3) is 10.8 Å². The third-order valence-electron chi connectivity index (χ3n) is 5.43. The second kappa shape index (κ2) is 10.8. The van der Waals surface area contributed by atoms with Crippen molar-refractivity contribution in [2.24, 2.45) is 0 Å². The first-order chi connectivity index (χ1) is 15.0. The predicted molar refractivity (Wildman–Crippen MR) is 127 cm³/mol. The molecule has 1 aromatic carbocycles. The summed E-state index contributed by atoms with van der Waals surface area (Å²) >= 11 is 0. The molecule has 0 spiro atoms. The van der Waals surface area contributed by atoms with Crippen molar-refractivity contribution in [1.29, 1.82) is 0 Å². The van der Waals surface area contributed by atoms with Crippen molar-refractivity contribution < 1.29 is 4.79 Å². The van der Waals surface area contributed by atoms with E-state index in [9.17, 15) is 4.79 Å². The average Bonchev–Trinajstić information content (AvgIpc) is 2.77. The zero-order chi connectivity index (χ0) is 22.2. The molecular formula is C24H32N6O. The van der Waals surface area contributed by atoms with Crippen molar-refractivity contribution in [3.63, 3.8) is 0 Å². The number of nitrogens with one attached hydrogen (secondary N) is 2. The number of anilines is 2. The Hall–Kier alpha value is -3.06.